The highest BCUT2D eigenvalue weighted by Gasteiger charge is 2.54. The van der Waals surface area contributed by atoms with Crippen molar-refractivity contribution in [1.82, 2.24) is 15.4 Å². The summed E-state index contributed by atoms with van der Waals surface area (Å²) in [7, 11) is 0. The van der Waals surface area contributed by atoms with Crippen LogP contribution in [0.15, 0.2) is 12.1 Å². The Morgan fingerprint density at radius 2 is 2.14 bits per heavy atom. The van der Waals surface area contributed by atoms with Crippen LogP contribution in [0.5, 0.6) is 0 Å². The molecule has 3 aliphatic rings. The maximum absolute atomic E-state index is 10.5. The summed E-state index contributed by atoms with van der Waals surface area (Å²) in [5, 5.41) is 21.8. The molecule has 0 amide bonds. The smallest absolute Gasteiger partial charge is 0.116 e. The van der Waals surface area contributed by atoms with Crippen LogP contribution in [0.4, 0.5) is 0 Å². The first-order valence-electron chi connectivity index (χ1n) is 8.69. The van der Waals surface area contributed by atoms with Gasteiger partial charge in [0.2, 0.25) is 0 Å². The molecule has 3 unspecified atom stereocenters. The predicted octanol–water partition coefficient (Wildman–Crippen LogP) is 3.17. The molecule has 4 heteroatoms. The number of aryl methyl sites for hydroxylation is 1. The molecular weight excluding hydrogens is 274 g/mol. The number of H-pyrrole nitrogens is 1. The van der Waals surface area contributed by atoms with Gasteiger partial charge in [0, 0.05) is 0 Å². The van der Waals surface area contributed by atoms with Gasteiger partial charge in [0.25, 0.3) is 0 Å². The van der Waals surface area contributed by atoms with E-state index in [-0.39, 0.29) is 11.5 Å². The number of nitrogens with one attached hydrogen (secondary N) is 1. The van der Waals surface area contributed by atoms with Gasteiger partial charge in [-0.05, 0) is 78.9 Å². The minimum absolute atomic E-state index is 0.0853. The van der Waals surface area contributed by atoms with Crippen LogP contribution in [0.3, 0.4) is 0 Å². The van der Waals surface area contributed by atoms with E-state index in [2.05, 4.69) is 34.5 Å². The van der Waals surface area contributed by atoms with Gasteiger partial charge in [-0.25, -0.2) is 0 Å². The van der Waals surface area contributed by atoms with E-state index in [1.807, 2.05) is 0 Å². The van der Waals surface area contributed by atoms with Crippen LogP contribution in [-0.4, -0.2) is 26.6 Å². The monoisotopic (exact) mass is 297 g/mol. The maximum Gasteiger partial charge on any atom is 0.116 e. The number of aliphatic hydroxyl groups excluding tert-OH is 1. The average molecular weight is 297 g/mol. The molecule has 116 valence electrons. The van der Waals surface area contributed by atoms with Crippen molar-refractivity contribution in [3.8, 4) is 0 Å². The highest BCUT2D eigenvalue weighted by Crippen LogP contribution is 2.61. The molecule has 2 aromatic rings. The van der Waals surface area contributed by atoms with Gasteiger partial charge in [0.1, 0.15) is 5.52 Å². The zero-order valence-corrected chi connectivity index (χ0v) is 13.0. The number of hydrogen-bond donors (Lipinski definition) is 2. The molecule has 0 spiro atoms. The summed E-state index contributed by atoms with van der Waals surface area (Å²) >= 11 is 0. The van der Waals surface area contributed by atoms with E-state index in [1.54, 1.807) is 0 Å². The third-order valence-electron chi connectivity index (χ3n) is 7.15. The molecule has 0 bridgehead atoms. The van der Waals surface area contributed by atoms with Gasteiger partial charge in [0.15, 0.2) is 0 Å². The van der Waals surface area contributed by atoms with Crippen LogP contribution in [-0.2, 0) is 6.42 Å². The number of benzene rings is 1. The van der Waals surface area contributed by atoms with Crippen molar-refractivity contribution < 1.29 is 5.11 Å². The lowest BCUT2D eigenvalue weighted by Crippen LogP contribution is -2.43. The standard InChI is InChI=1S/C18H23N3O/c1-18-9-8-11-10-4-6-15-17(20-21-19-15)13(10)3-2-12(11)14(18)5-7-16(18)22/h4,6,11-12,14,16,22H,2-3,5,7-9H2,1H3,(H,19,20,21)/t11?,12?,14?,16-,18-/m0/s1. The van der Waals surface area contributed by atoms with Crippen LogP contribution >= 0.6 is 0 Å². The predicted molar refractivity (Wildman–Crippen MR) is 84.5 cm³/mol. The Kier molecular flexibility index (Phi) is 2.56. The number of nitrogens with zero attached hydrogens (tertiary/aromatic N) is 2. The molecule has 5 rings (SSSR count). The van der Waals surface area contributed by atoms with Crippen LogP contribution < -0.4 is 0 Å². The SMILES string of the molecule is C[C@]12CCC3c4ccc5[nH]nnc5c4CCC3C1CC[C@@H]2O. The Bertz CT molecular complexity index is 739. The third kappa shape index (κ3) is 1.51. The number of fused-ring (bicyclic) bond motifs is 7. The van der Waals surface area contributed by atoms with Crippen molar-refractivity contribution in [2.75, 3.05) is 0 Å². The lowest BCUT2D eigenvalue weighted by Gasteiger charge is -2.50. The van der Waals surface area contributed by atoms with Crippen LogP contribution in [0.1, 0.15) is 56.1 Å². The molecule has 2 N–H and O–H groups in total. The molecule has 22 heavy (non-hydrogen) atoms. The highest BCUT2D eigenvalue weighted by atomic mass is 16.3. The first kappa shape index (κ1) is 13.1. The summed E-state index contributed by atoms with van der Waals surface area (Å²) in [6.45, 7) is 2.34. The van der Waals surface area contributed by atoms with Crippen molar-refractivity contribution >= 4 is 11.0 Å². The van der Waals surface area contributed by atoms with Crippen LogP contribution in [0.25, 0.3) is 11.0 Å². The molecule has 0 aliphatic heterocycles. The van der Waals surface area contributed by atoms with Crippen LogP contribution in [0.2, 0.25) is 0 Å². The molecule has 1 aromatic carbocycles. The van der Waals surface area contributed by atoms with Crippen molar-refractivity contribution in [1.29, 1.82) is 0 Å². The van der Waals surface area contributed by atoms with Gasteiger partial charge in [-0.15, -0.1) is 5.10 Å². The van der Waals surface area contributed by atoms with Gasteiger partial charge in [-0.3, -0.25) is 5.10 Å². The molecule has 0 saturated heterocycles. The molecule has 1 heterocycles. The molecular formula is C18H23N3O. The fourth-order valence-corrected chi connectivity index (χ4v) is 5.96. The van der Waals surface area contributed by atoms with Gasteiger partial charge < -0.3 is 5.11 Å². The summed E-state index contributed by atoms with van der Waals surface area (Å²) in [5.74, 6) is 2.10. The lowest BCUT2D eigenvalue weighted by molar-refractivity contribution is -0.0225. The van der Waals surface area contributed by atoms with Gasteiger partial charge in [-0.1, -0.05) is 18.2 Å². The van der Waals surface area contributed by atoms with Crippen molar-refractivity contribution in [2.24, 2.45) is 17.3 Å². The van der Waals surface area contributed by atoms with E-state index in [1.165, 1.54) is 30.4 Å². The molecule has 2 saturated carbocycles. The number of hydrogen-bond acceptors (Lipinski definition) is 3. The number of rotatable bonds is 0. The Hall–Kier alpha value is -1.42. The largest absolute Gasteiger partial charge is 0.393 e. The first-order valence-corrected chi connectivity index (χ1v) is 8.69. The summed E-state index contributed by atoms with van der Waals surface area (Å²) in [6.07, 6.45) is 6.86. The molecule has 0 radical (unpaired) electrons. The van der Waals surface area contributed by atoms with E-state index in [9.17, 15) is 5.11 Å². The normalized spacial score (nSPS) is 40.3. The molecule has 1 aromatic heterocycles. The Morgan fingerprint density at radius 3 is 3.05 bits per heavy atom. The Morgan fingerprint density at radius 1 is 1.23 bits per heavy atom. The Labute approximate surface area is 130 Å². The second kappa shape index (κ2) is 4.31. The third-order valence-corrected chi connectivity index (χ3v) is 7.15. The average Bonchev–Trinajstić information content (AvgIpc) is 3.12. The molecule has 3 aliphatic carbocycles. The summed E-state index contributed by atoms with van der Waals surface area (Å²) in [6, 6.07) is 4.45. The maximum atomic E-state index is 10.5. The second-order valence-electron chi connectivity index (χ2n) is 7.89. The summed E-state index contributed by atoms with van der Waals surface area (Å²) in [4.78, 5) is 0. The fraction of sp³-hybridized carbons (Fsp3) is 0.667. The second-order valence-corrected chi connectivity index (χ2v) is 7.89. The quantitative estimate of drug-likeness (QED) is 0.785. The van der Waals surface area contributed by atoms with E-state index in [4.69, 9.17) is 0 Å². The zero-order chi connectivity index (χ0) is 14.9. The van der Waals surface area contributed by atoms with Gasteiger partial charge in [0.05, 0.1) is 11.6 Å². The molecule has 2 fully saturated rings. The summed E-state index contributed by atoms with van der Waals surface area (Å²) < 4.78 is 0. The van der Waals surface area contributed by atoms with E-state index >= 15 is 0 Å². The first-order chi connectivity index (χ1) is 10.7. The van der Waals surface area contributed by atoms with Crippen molar-refractivity contribution in [3.05, 3.63) is 23.3 Å². The fourth-order valence-electron chi connectivity index (χ4n) is 5.96. The molecule has 5 atom stereocenters. The Balaban J connectivity index is 1.59. The lowest BCUT2D eigenvalue weighted by atomic mass is 9.55. The highest BCUT2D eigenvalue weighted by molar-refractivity contribution is 5.79. The molecule has 4 nitrogen and oxygen atoms in total. The number of aromatic nitrogens is 3. The van der Waals surface area contributed by atoms with E-state index < -0.39 is 0 Å². The van der Waals surface area contributed by atoms with E-state index in [0.717, 1.165) is 36.2 Å². The van der Waals surface area contributed by atoms with Gasteiger partial charge in [-0.2, -0.15) is 0 Å². The van der Waals surface area contributed by atoms with Crippen molar-refractivity contribution in [3.63, 3.8) is 0 Å². The summed E-state index contributed by atoms with van der Waals surface area (Å²) in [5.41, 5.74) is 5.25. The topological polar surface area (TPSA) is 61.8 Å². The van der Waals surface area contributed by atoms with Crippen LogP contribution in [0, 0.1) is 17.3 Å². The zero-order valence-electron chi connectivity index (χ0n) is 13.0. The number of aromatic amines is 1. The van der Waals surface area contributed by atoms with E-state index in [0.29, 0.717) is 11.8 Å². The number of aliphatic hydroxyl groups is 1. The minimum atomic E-state index is -0.0853. The van der Waals surface area contributed by atoms with Crippen molar-refractivity contribution in [2.45, 2.75) is 57.5 Å². The minimum Gasteiger partial charge on any atom is -0.393 e. The van der Waals surface area contributed by atoms with Gasteiger partial charge >= 0.3 is 0 Å².